The summed E-state index contributed by atoms with van der Waals surface area (Å²) >= 11 is 0. The van der Waals surface area contributed by atoms with Crippen LogP contribution < -0.4 is 11.1 Å². The number of nitrogens with two attached hydrogens (primary N) is 1. The Balaban J connectivity index is 1.38. The standard InChI is InChI=1S/C26H28N4O4S/c1-19-9-11-22(12-10-19)35(33,34)30-15-13-29(14-16-30)18-20-5-4-6-21(17-20)26(32)28-24-8-3-2-7-23(24)25(27)31/h2-12,17H,13-16,18H2,1H3,(H2,27,31)(H,28,32). The van der Waals surface area contributed by atoms with Crippen molar-refractivity contribution in [3.8, 4) is 0 Å². The van der Waals surface area contributed by atoms with Gasteiger partial charge in [0, 0.05) is 38.3 Å². The van der Waals surface area contributed by atoms with Crippen LogP contribution in [0.4, 0.5) is 5.69 Å². The van der Waals surface area contributed by atoms with Gasteiger partial charge in [0.1, 0.15) is 0 Å². The number of sulfonamides is 1. The second-order valence-electron chi connectivity index (χ2n) is 8.56. The highest BCUT2D eigenvalue weighted by Gasteiger charge is 2.28. The van der Waals surface area contributed by atoms with E-state index in [1.807, 2.05) is 19.1 Å². The quantitative estimate of drug-likeness (QED) is 0.527. The van der Waals surface area contributed by atoms with Crippen LogP contribution in [-0.4, -0.2) is 55.6 Å². The number of hydrogen-bond acceptors (Lipinski definition) is 5. The molecule has 35 heavy (non-hydrogen) atoms. The summed E-state index contributed by atoms with van der Waals surface area (Å²) in [6.07, 6.45) is 0. The number of carbonyl (C=O) groups is 2. The van der Waals surface area contributed by atoms with Crippen molar-refractivity contribution in [2.75, 3.05) is 31.5 Å². The summed E-state index contributed by atoms with van der Waals surface area (Å²) in [5, 5.41) is 2.75. The number of para-hydroxylation sites is 1. The molecule has 4 rings (SSSR count). The lowest BCUT2D eigenvalue weighted by molar-refractivity contribution is 0.100. The minimum Gasteiger partial charge on any atom is -0.366 e. The molecular weight excluding hydrogens is 464 g/mol. The van der Waals surface area contributed by atoms with Gasteiger partial charge in [0.25, 0.3) is 11.8 Å². The predicted octanol–water partition coefficient (Wildman–Crippen LogP) is 2.85. The van der Waals surface area contributed by atoms with Gasteiger partial charge in [0.2, 0.25) is 10.0 Å². The number of nitrogens with zero attached hydrogens (tertiary/aromatic N) is 2. The fourth-order valence-corrected chi connectivity index (χ4v) is 5.48. The maximum atomic E-state index is 12.9. The molecule has 0 spiro atoms. The van der Waals surface area contributed by atoms with Crippen LogP contribution in [0.3, 0.4) is 0 Å². The third-order valence-corrected chi connectivity index (χ3v) is 7.94. The average molecular weight is 493 g/mol. The summed E-state index contributed by atoms with van der Waals surface area (Å²) in [6, 6.07) is 20.8. The summed E-state index contributed by atoms with van der Waals surface area (Å²) in [7, 11) is -3.51. The molecule has 0 bridgehead atoms. The molecule has 1 fully saturated rings. The van der Waals surface area contributed by atoms with Crippen LogP contribution in [0.15, 0.2) is 77.7 Å². The predicted molar refractivity (Wildman–Crippen MR) is 135 cm³/mol. The Hall–Kier alpha value is -3.53. The van der Waals surface area contributed by atoms with E-state index in [2.05, 4.69) is 10.2 Å². The molecule has 1 aliphatic heterocycles. The van der Waals surface area contributed by atoms with Crippen molar-refractivity contribution in [2.45, 2.75) is 18.4 Å². The summed E-state index contributed by atoms with van der Waals surface area (Å²) in [6.45, 7) is 4.51. The number of rotatable bonds is 7. The van der Waals surface area contributed by atoms with E-state index in [4.69, 9.17) is 5.73 Å². The second kappa shape index (κ2) is 10.4. The topological polar surface area (TPSA) is 113 Å². The fraction of sp³-hybridized carbons (Fsp3) is 0.231. The first-order valence-corrected chi connectivity index (χ1v) is 12.8. The molecule has 0 radical (unpaired) electrons. The lowest BCUT2D eigenvalue weighted by Crippen LogP contribution is -2.48. The molecule has 3 aromatic carbocycles. The minimum atomic E-state index is -3.51. The Kier molecular flexibility index (Phi) is 7.30. The highest BCUT2D eigenvalue weighted by atomic mass is 32.2. The third kappa shape index (κ3) is 5.76. The lowest BCUT2D eigenvalue weighted by Gasteiger charge is -2.34. The van der Waals surface area contributed by atoms with E-state index in [9.17, 15) is 18.0 Å². The summed E-state index contributed by atoms with van der Waals surface area (Å²) in [5.74, 6) is -0.951. The molecule has 0 aromatic heterocycles. The lowest BCUT2D eigenvalue weighted by atomic mass is 10.1. The van der Waals surface area contributed by atoms with E-state index in [1.165, 1.54) is 4.31 Å². The SMILES string of the molecule is Cc1ccc(S(=O)(=O)N2CCN(Cc3cccc(C(=O)Nc4ccccc4C(N)=O)c3)CC2)cc1. The molecule has 0 atom stereocenters. The first-order chi connectivity index (χ1) is 16.7. The third-order valence-electron chi connectivity index (χ3n) is 6.03. The number of aryl methyl sites for hydroxylation is 1. The molecule has 182 valence electrons. The van der Waals surface area contributed by atoms with Crippen LogP contribution in [0.5, 0.6) is 0 Å². The van der Waals surface area contributed by atoms with Crippen molar-refractivity contribution in [2.24, 2.45) is 5.73 Å². The Morgan fingerprint density at radius 3 is 2.29 bits per heavy atom. The number of hydrogen-bond donors (Lipinski definition) is 2. The van der Waals surface area contributed by atoms with Crippen LogP contribution in [0.2, 0.25) is 0 Å². The van der Waals surface area contributed by atoms with E-state index < -0.39 is 15.9 Å². The van der Waals surface area contributed by atoms with Gasteiger partial charge in [-0.05, 0) is 48.9 Å². The van der Waals surface area contributed by atoms with Gasteiger partial charge in [-0.1, -0.05) is 42.0 Å². The Morgan fingerprint density at radius 2 is 1.60 bits per heavy atom. The van der Waals surface area contributed by atoms with Gasteiger partial charge in [0.05, 0.1) is 16.1 Å². The number of amides is 2. The summed E-state index contributed by atoms with van der Waals surface area (Å²) in [5.41, 5.74) is 8.42. The average Bonchev–Trinajstić information content (AvgIpc) is 2.85. The minimum absolute atomic E-state index is 0.246. The molecule has 1 heterocycles. The summed E-state index contributed by atoms with van der Waals surface area (Å²) in [4.78, 5) is 26.9. The van der Waals surface area contributed by atoms with Crippen molar-refractivity contribution in [3.63, 3.8) is 0 Å². The molecule has 1 aliphatic rings. The number of primary amides is 1. The molecule has 3 N–H and O–H groups in total. The summed E-state index contributed by atoms with van der Waals surface area (Å²) < 4.78 is 27.4. The number of piperazine rings is 1. The van der Waals surface area contributed by atoms with Crippen molar-refractivity contribution >= 4 is 27.5 Å². The first kappa shape index (κ1) is 24.6. The monoisotopic (exact) mass is 492 g/mol. The first-order valence-electron chi connectivity index (χ1n) is 11.3. The van der Waals surface area contributed by atoms with Crippen LogP contribution in [0.1, 0.15) is 31.8 Å². The Labute approximate surface area is 205 Å². The van der Waals surface area contributed by atoms with E-state index in [1.54, 1.807) is 60.7 Å². The highest BCUT2D eigenvalue weighted by molar-refractivity contribution is 7.89. The van der Waals surface area contributed by atoms with Crippen LogP contribution in [0.25, 0.3) is 0 Å². The second-order valence-corrected chi connectivity index (χ2v) is 10.5. The molecule has 8 nitrogen and oxygen atoms in total. The molecule has 9 heteroatoms. The Bertz CT molecular complexity index is 1330. The van der Waals surface area contributed by atoms with Crippen molar-refractivity contribution in [3.05, 3.63) is 95.1 Å². The van der Waals surface area contributed by atoms with E-state index in [-0.39, 0.29) is 11.5 Å². The molecule has 1 saturated heterocycles. The molecule has 0 unspecified atom stereocenters. The van der Waals surface area contributed by atoms with E-state index >= 15 is 0 Å². The largest absolute Gasteiger partial charge is 0.366 e. The molecule has 0 saturated carbocycles. The van der Waals surface area contributed by atoms with Crippen LogP contribution >= 0.6 is 0 Å². The van der Waals surface area contributed by atoms with Crippen molar-refractivity contribution in [1.29, 1.82) is 0 Å². The zero-order valence-corrected chi connectivity index (χ0v) is 20.3. The number of nitrogens with one attached hydrogen (secondary N) is 1. The van der Waals surface area contributed by atoms with Crippen molar-refractivity contribution in [1.82, 2.24) is 9.21 Å². The fourth-order valence-electron chi connectivity index (χ4n) is 4.06. The van der Waals surface area contributed by atoms with Crippen LogP contribution in [0, 0.1) is 6.92 Å². The normalized spacial score (nSPS) is 15.0. The van der Waals surface area contributed by atoms with Gasteiger partial charge in [-0.2, -0.15) is 4.31 Å². The van der Waals surface area contributed by atoms with E-state index in [0.29, 0.717) is 48.9 Å². The van der Waals surface area contributed by atoms with Gasteiger partial charge in [-0.25, -0.2) is 8.42 Å². The Morgan fingerprint density at radius 1 is 0.914 bits per heavy atom. The smallest absolute Gasteiger partial charge is 0.255 e. The zero-order valence-electron chi connectivity index (χ0n) is 19.5. The van der Waals surface area contributed by atoms with Gasteiger partial charge < -0.3 is 11.1 Å². The maximum Gasteiger partial charge on any atom is 0.255 e. The molecule has 0 aliphatic carbocycles. The molecular formula is C26H28N4O4S. The molecule has 2 amide bonds. The van der Waals surface area contributed by atoms with Crippen molar-refractivity contribution < 1.29 is 18.0 Å². The van der Waals surface area contributed by atoms with E-state index in [0.717, 1.165) is 11.1 Å². The van der Waals surface area contributed by atoms with Gasteiger partial charge in [-0.3, -0.25) is 14.5 Å². The number of benzene rings is 3. The maximum absolute atomic E-state index is 12.9. The van der Waals surface area contributed by atoms with Gasteiger partial charge in [0.15, 0.2) is 0 Å². The van der Waals surface area contributed by atoms with Gasteiger partial charge >= 0.3 is 0 Å². The van der Waals surface area contributed by atoms with Gasteiger partial charge in [-0.15, -0.1) is 0 Å². The number of anilines is 1. The zero-order chi connectivity index (χ0) is 25.0. The highest BCUT2D eigenvalue weighted by Crippen LogP contribution is 2.20. The molecule has 3 aromatic rings. The number of carbonyl (C=O) groups excluding carboxylic acids is 2. The van der Waals surface area contributed by atoms with Crippen LogP contribution in [-0.2, 0) is 16.6 Å².